The molecular weight excluding hydrogens is 421 g/mol. The number of para-hydroxylation sites is 2. The van der Waals surface area contributed by atoms with Crippen molar-refractivity contribution in [1.29, 1.82) is 0 Å². The van der Waals surface area contributed by atoms with Gasteiger partial charge in [-0.25, -0.2) is 13.9 Å². The number of fused-ring (bicyclic) bond motifs is 1. The maximum Gasteiger partial charge on any atom is 0.252 e. The van der Waals surface area contributed by atoms with E-state index in [4.69, 9.17) is 4.74 Å². The van der Waals surface area contributed by atoms with E-state index >= 15 is 0 Å². The molecule has 0 atom stereocenters. The number of amides is 1. The maximum atomic E-state index is 13.1. The second kappa shape index (κ2) is 9.53. The molecule has 0 saturated heterocycles. The molecule has 0 saturated carbocycles. The lowest BCUT2D eigenvalue weighted by molar-refractivity contribution is -0.116. The van der Waals surface area contributed by atoms with Crippen molar-refractivity contribution in [3.05, 3.63) is 77.6 Å². The van der Waals surface area contributed by atoms with E-state index in [1.54, 1.807) is 22.7 Å². The fourth-order valence-corrected chi connectivity index (χ4v) is 3.26. The van der Waals surface area contributed by atoms with Gasteiger partial charge in [0.1, 0.15) is 17.9 Å². The van der Waals surface area contributed by atoms with E-state index in [0.29, 0.717) is 29.4 Å². The molecule has 2 aromatic carbocycles. The van der Waals surface area contributed by atoms with Crippen LogP contribution in [-0.2, 0) is 11.2 Å². The van der Waals surface area contributed by atoms with Crippen molar-refractivity contribution >= 4 is 29.8 Å². The molecule has 2 heterocycles. The Balaban J connectivity index is 0.00000272. The summed E-state index contributed by atoms with van der Waals surface area (Å²) in [6, 6.07) is 12.8. The molecule has 0 unspecified atom stereocenters. The first-order valence-electron chi connectivity index (χ1n) is 9.49. The zero-order valence-corrected chi connectivity index (χ0v) is 17.8. The molecule has 0 bridgehead atoms. The predicted molar refractivity (Wildman–Crippen MR) is 117 cm³/mol. The van der Waals surface area contributed by atoms with Crippen molar-refractivity contribution in [3.8, 4) is 11.5 Å². The lowest BCUT2D eigenvalue weighted by Crippen LogP contribution is -2.14. The quantitative estimate of drug-likeness (QED) is 0.470. The van der Waals surface area contributed by atoms with Gasteiger partial charge >= 0.3 is 0 Å². The minimum atomic E-state index is -0.340. The van der Waals surface area contributed by atoms with E-state index in [9.17, 15) is 9.18 Å². The number of carbonyl (C=O) groups is 1. The molecule has 4 aromatic rings. The number of aryl methyl sites for hydroxylation is 2. The average Bonchev–Trinajstić information content (AvgIpc) is 3.19. The molecule has 0 aliphatic carbocycles. The monoisotopic (exact) mass is 441 g/mol. The summed E-state index contributed by atoms with van der Waals surface area (Å²) in [7, 11) is 0. The molecule has 0 fully saturated rings. The van der Waals surface area contributed by atoms with E-state index in [2.05, 4.69) is 20.4 Å². The van der Waals surface area contributed by atoms with Gasteiger partial charge < -0.3 is 10.1 Å². The number of halogens is 2. The normalized spacial score (nSPS) is 10.5. The van der Waals surface area contributed by atoms with Crippen LogP contribution >= 0.6 is 12.4 Å². The number of aromatic nitrogens is 4. The van der Waals surface area contributed by atoms with Crippen LogP contribution in [-0.4, -0.2) is 25.5 Å². The van der Waals surface area contributed by atoms with Crippen LogP contribution in [0.4, 0.5) is 10.1 Å². The second-order valence-electron chi connectivity index (χ2n) is 6.83. The van der Waals surface area contributed by atoms with Gasteiger partial charge in [-0.3, -0.25) is 4.79 Å². The molecule has 0 aliphatic rings. The third-order valence-corrected chi connectivity index (χ3v) is 4.79. The van der Waals surface area contributed by atoms with Crippen molar-refractivity contribution < 1.29 is 13.9 Å². The van der Waals surface area contributed by atoms with Crippen LogP contribution < -0.4 is 10.1 Å². The Morgan fingerprint density at radius 1 is 1.13 bits per heavy atom. The molecule has 9 heteroatoms. The lowest BCUT2D eigenvalue weighted by Gasteiger charge is -2.13. The number of carbonyl (C=O) groups excluding carboxylic acids is 1. The third-order valence-electron chi connectivity index (χ3n) is 4.79. The summed E-state index contributed by atoms with van der Waals surface area (Å²) in [4.78, 5) is 21.1. The highest BCUT2D eigenvalue weighted by atomic mass is 35.5. The van der Waals surface area contributed by atoms with E-state index < -0.39 is 0 Å². The van der Waals surface area contributed by atoms with E-state index in [0.717, 1.165) is 17.0 Å². The first kappa shape index (κ1) is 22.2. The van der Waals surface area contributed by atoms with Gasteiger partial charge in [-0.1, -0.05) is 12.1 Å². The Kier molecular flexibility index (Phi) is 6.81. The van der Waals surface area contributed by atoms with Crippen LogP contribution in [0, 0.1) is 19.7 Å². The number of hydrogen-bond donors (Lipinski definition) is 1. The van der Waals surface area contributed by atoms with Crippen molar-refractivity contribution in [2.75, 3.05) is 5.32 Å². The number of nitrogens with one attached hydrogen (secondary N) is 1. The minimum Gasteiger partial charge on any atom is -0.455 e. The average molecular weight is 442 g/mol. The molecule has 1 amide bonds. The SMILES string of the molecule is Cc1nc2ncnn2c(C)c1CCC(=O)Nc1ccccc1Oc1ccc(F)cc1.Cl. The molecule has 4 rings (SSSR count). The zero-order valence-electron chi connectivity index (χ0n) is 17.0. The predicted octanol–water partition coefficient (Wildman–Crippen LogP) is 4.67. The van der Waals surface area contributed by atoms with Crippen LogP contribution in [0.1, 0.15) is 23.4 Å². The lowest BCUT2D eigenvalue weighted by atomic mass is 10.1. The van der Waals surface area contributed by atoms with Crippen LogP contribution in [0.2, 0.25) is 0 Å². The molecule has 160 valence electrons. The first-order chi connectivity index (χ1) is 14.5. The maximum absolute atomic E-state index is 13.1. The highest BCUT2D eigenvalue weighted by molar-refractivity contribution is 5.92. The minimum absolute atomic E-state index is 0. The second-order valence-corrected chi connectivity index (χ2v) is 6.83. The summed E-state index contributed by atoms with van der Waals surface area (Å²) in [6.07, 6.45) is 2.26. The summed E-state index contributed by atoms with van der Waals surface area (Å²) in [5.41, 5.74) is 3.27. The van der Waals surface area contributed by atoms with Crippen molar-refractivity contribution in [3.63, 3.8) is 0 Å². The van der Waals surface area contributed by atoms with Crippen molar-refractivity contribution in [2.45, 2.75) is 26.7 Å². The fraction of sp³-hybridized carbons (Fsp3) is 0.182. The summed E-state index contributed by atoms with van der Waals surface area (Å²) >= 11 is 0. The Bertz CT molecular complexity index is 1210. The smallest absolute Gasteiger partial charge is 0.252 e. The standard InChI is InChI=1S/C22H20FN5O2.ClH/c1-14-18(15(2)28-22(26-14)24-13-25-28)11-12-21(29)27-19-5-3-4-6-20(19)30-17-9-7-16(23)8-10-17;/h3-10,13H,11-12H2,1-2H3,(H,27,29);1H. The van der Waals surface area contributed by atoms with Gasteiger partial charge in [-0.2, -0.15) is 10.1 Å². The molecule has 0 aliphatic heterocycles. The van der Waals surface area contributed by atoms with Gasteiger partial charge in [0.2, 0.25) is 5.91 Å². The Labute approximate surface area is 184 Å². The van der Waals surface area contributed by atoms with Gasteiger partial charge in [0.15, 0.2) is 5.75 Å². The summed E-state index contributed by atoms with van der Waals surface area (Å²) in [6.45, 7) is 3.84. The van der Waals surface area contributed by atoms with E-state index in [1.807, 2.05) is 19.9 Å². The highest BCUT2D eigenvalue weighted by Crippen LogP contribution is 2.29. The number of benzene rings is 2. The van der Waals surface area contributed by atoms with E-state index in [1.165, 1.54) is 30.6 Å². The molecular formula is C22H21ClFN5O2. The number of rotatable bonds is 6. The third kappa shape index (κ3) is 4.97. The highest BCUT2D eigenvalue weighted by Gasteiger charge is 2.14. The van der Waals surface area contributed by atoms with Gasteiger partial charge in [-0.15, -0.1) is 12.4 Å². The molecule has 0 spiro atoms. The zero-order chi connectivity index (χ0) is 21.1. The molecule has 7 nitrogen and oxygen atoms in total. The first-order valence-corrected chi connectivity index (χ1v) is 9.49. The van der Waals surface area contributed by atoms with Gasteiger partial charge in [0.05, 0.1) is 5.69 Å². The largest absolute Gasteiger partial charge is 0.455 e. The van der Waals surface area contributed by atoms with Gasteiger partial charge in [0, 0.05) is 17.8 Å². The Morgan fingerprint density at radius 3 is 2.65 bits per heavy atom. The molecule has 31 heavy (non-hydrogen) atoms. The number of hydrogen-bond acceptors (Lipinski definition) is 5. The van der Waals surface area contributed by atoms with Crippen LogP contribution in [0.3, 0.4) is 0 Å². The van der Waals surface area contributed by atoms with E-state index in [-0.39, 0.29) is 30.6 Å². The molecule has 2 aromatic heterocycles. The number of nitrogens with zero attached hydrogens (tertiary/aromatic N) is 4. The molecule has 0 radical (unpaired) electrons. The topological polar surface area (TPSA) is 81.4 Å². The molecule has 1 N–H and O–H groups in total. The number of anilines is 1. The number of ether oxygens (including phenoxy) is 1. The summed E-state index contributed by atoms with van der Waals surface area (Å²) < 4.78 is 20.6. The summed E-state index contributed by atoms with van der Waals surface area (Å²) in [5.74, 6) is 1.02. The van der Waals surface area contributed by atoms with Gasteiger partial charge in [0.25, 0.3) is 5.78 Å². The van der Waals surface area contributed by atoms with Crippen molar-refractivity contribution in [1.82, 2.24) is 19.6 Å². The van der Waals surface area contributed by atoms with Gasteiger partial charge in [-0.05, 0) is 62.2 Å². The summed E-state index contributed by atoms with van der Waals surface area (Å²) in [5, 5.41) is 7.06. The van der Waals surface area contributed by atoms with Crippen LogP contribution in [0.5, 0.6) is 11.5 Å². The fourth-order valence-electron chi connectivity index (χ4n) is 3.26. The van der Waals surface area contributed by atoms with Crippen molar-refractivity contribution in [2.24, 2.45) is 0 Å². The van der Waals surface area contributed by atoms with Crippen LogP contribution in [0.15, 0.2) is 54.9 Å². The van der Waals surface area contributed by atoms with Crippen LogP contribution in [0.25, 0.3) is 5.78 Å². The Hall–Kier alpha value is -3.52. The Morgan fingerprint density at radius 2 is 1.87 bits per heavy atom.